The Kier molecular flexibility index (Phi) is 7.72. The maximum Gasteiger partial charge on any atom is 0.319 e. The van der Waals surface area contributed by atoms with Crippen molar-refractivity contribution >= 4 is 54.7 Å². The van der Waals surface area contributed by atoms with Crippen LogP contribution >= 0.6 is 22.9 Å². The predicted molar refractivity (Wildman–Crippen MR) is 173 cm³/mol. The summed E-state index contributed by atoms with van der Waals surface area (Å²) >= 11 is 7.86. The number of nitriles is 1. The molecule has 8 rings (SSSR count). The molecule has 3 saturated heterocycles. The highest BCUT2D eigenvalue weighted by atomic mass is 35.5. The maximum absolute atomic E-state index is 17.2. The number of rotatable bonds is 5. The largest absolute Gasteiger partial charge is 0.491 e. The van der Waals surface area contributed by atoms with Crippen molar-refractivity contribution in [2.24, 2.45) is 5.92 Å². The number of halogens is 6. The second kappa shape index (κ2) is 11.7. The smallest absolute Gasteiger partial charge is 0.319 e. The SMILES string of the molecule is N#Cc1c(N)sc2c(F)ccc(-c3c(Cl)c4c5c(nc(OC[C@@]67CCCN6C[C@H](F)C7)nc5c3F)N3CCC(C(F)F)CC3CCO4)c12. The van der Waals surface area contributed by atoms with E-state index in [1.807, 2.05) is 11.0 Å². The zero-order chi connectivity index (χ0) is 33.5. The second-order valence-corrected chi connectivity index (χ2v) is 14.5. The summed E-state index contributed by atoms with van der Waals surface area (Å²) in [7, 11) is 0. The van der Waals surface area contributed by atoms with Gasteiger partial charge in [-0.25, -0.2) is 22.0 Å². The first kappa shape index (κ1) is 31.6. The Hall–Kier alpha value is -3.67. The second-order valence-electron chi connectivity index (χ2n) is 13.1. The third kappa shape index (κ3) is 4.83. The molecule has 15 heteroatoms. The van der Waals surface area contributed by atoms with Gasteiger partial charge in [0.15, 0.2) is 11.6 Å². The molecule has 0 bridgehead atoms. The molecular weight excluding hydrogens is 675 g/mol. The fourth-order valence-electron chi connectivity index (χ4n) is 8.20. The fraction of sp³-hybridized carbons (Fsp3) is 0.485. The van der Waals surface area contributed by atoms with Crippen LogP contribution in [0.15, 0.2) is 12.1 Å². The molecule has 2 aromatic carbocycles. The van der Waals surface area contributed by atoms with Crippen molar-refractivity contribution in [1.29, 1.82) is 5.26 Å². The minimum Gasteiger partial charge on any atom is -0.491 e. The van der Waals surface area contributed by atoms with Crippen LogP contribution < -0.4 is 20.1 Å². The number of nitrogens with two attached hydrogens (primary N) is 1. The summed E-state index contributed by atoms with van der Waals surface area (Å²) in [6, 6.07) is 3.95. The van der Waals surface area contributed by atoms with Crippen LogP contribution in [-0.2, 0) is 0 Å². The molecule has 0 aliphatic carbocycles. The van der Waals surface area contributed by atoms with Gasteiger partial charge in [0.2, 0.25) is 6.43 Å². The highest BCUT2D eigenvalue weighted by molar-refractivity contribution is 7.23. The van der Waals surface area contributed by atoms with Gasteiger partial charge < -0.3 is 20.1 Å². The molecule has 6 heterocycles. The van der Waals surface area contributed by atoms with E-state index in [2.05, 4.69) is 9.88 Å². The molecule has 252 valence electrons. The Morgan fingerprint density at radius 1 is 1.21 bits per heavy atom. The van der Waals surface area contributed by atoms with Crippen LogP contribution in [0, 0.1) is 28.9 Å². The molecule has 0 radical (unpaired) electrons. The number of alkyl halides is 3. The summed E-state index contributed by atoms with van der Waals surface area (Å²) in [5.74, 6) is -2.00. The third-order valence-corrected chi connectivity index (χ3v) is 11.8. The molecule has 2 N–H and O–H groups in total. The van der Waals surface area contributed by atoms with Crippen LogP contribution in [0.2, 0.25) is 5.02 Å². The van der Waals surface area contributed by atoms with Crippen LogP contribution in [0.3, 0.4) is 0 Å². The van der Waals surface area contributed by atoms with E-state index in [-0.39, 0.29) is 104 Å². The van der Waals surface area contributed by atoms with E-state index in [1.54, 1.807) is 0 Å². The Balaban J connectivity index is 1.34. The van der Waals surface area contributed by atoms with Crippen molar-refractivity contribution in [3.8, 4) is 29.0 Å². The molecule has 4 aliphatic heterocycles. The lowest BCUT2D eigenvalue weighted by atomic mass is 9.88. The monoisotopic (exact) mass is 704 g/mol. The molecule has 4 atom stereocenters. The van der Waals surface area contributed by atoms with Gasteiger partial charge in [0.1, 0.15) is 41.0 Å². The molecule has 0 amide bonds. The van der Waals surface area contributed by atoms with Crippen LogP contribution in [0.25, 0.3) is 32.1 Å². The van der Waals surface area contributed by atoms with E-state index in [4.69, 9.17) is 31.8 Å². The van der Waals surface area contributed by atoms with Crippen LogP contribution in [0.4, 0.5) is 32.8 Å². The van der Waals surface area contributed by atoms with E-state index < -0.39 is 35.7 Å². The molecule has 4 aromatic rings. The van der Waals surface area contributed by atoms with Gasteiger partial charge in [-0.1, -0.05) is 17.7 Å². The summed E-state index contributed by atoms with van der Waals surface area (Å²) in [6.07, 6.45) is -0.807. The Labute approximate surface area is 281 Å². The maximum atomic E-state index is 17.2. The predicted octanol–water partition coefficient (Wildman–Crippen LogP) is 7.48. The molecule has 0 saturated carbocycles. The average molecular weight is 705 g/mol. The number of hydrogen-bond donors (Lipinski definition) is 1. The van der Waals surface area contributed by atoms with E-state index in [0.717, 1.165) is 36.8 Å². The van der Waals surface area contributed by atoms with Crippen LogP contribution in [-0.4, -0.2) is 71.9 Å². The normalized spacial score (nSPS) is 25.5. The van der Waals surface area contributed by atoms with Gasteiger partial charge in [-0.05, 0) is 43.9 Å². The number of benzene rings is 2. The summed E-state index contributed by atoms with van der Waals surface area (Å²) in [5.41, 5.74) is 5.29. The number of aromatic nitrogens is 2. The minimum atomic E-state index is -2.49. The highest BCUT2D eigenvalue weighted by Gasteiger charge is 2.49. The number of thiophene rings is 1. The van der Waals surface area contributed by atoms with Crippen molar-refractivity contribution in [3.05, 3.63) is 34.4 Å². The van der Waals surface area contributed by atoms with E-state index in [9.17, 15) is 22.8 Å². The summed E-state index contributed by atoms with van der Waals surface area (Å²) in [6.45, 7) is 1.46. The Morgan fingerprint density at radius 3 is 2.83 bits per heavy atom. The van der Waals surface area contributed by atoms with Crippen molar-refractivity contribution < 1.29 is 31.4 Å². The molecule has 3 fully saturated rings. The first-order chi connectivity index (χ1) is 23.1. The Bertz CT molecular complexity index is 2010. The topological polar surface area (TPSA) is 101 Å². The first-order valence-corrected chi connectivity index (χ1v) is 17.1. The van der Waals surface area contributed by atoms with E-state index >= 15 is 4.39 Å². The number of anilines is 2. The highest BCUT2D eigenvalue weighted by Crippen LogP contribution is 2.51. The van der Waals surface area contributed by atoms with Gasteiger partial charge >= 0.3 is 6.01 Å². The average Bonchev–Trinajstić information content (AvgIpc) is 3.70. The fourth-order valence-corrected chi connectivity index (χ4v) is 9.48. The van der Waals surface area contributed by atoms with E-state index in [1.165, 1.54) is 6.07 Å². The lowest BCUT2D eigenvalue weighted by molar-refractivity contribution is 0.0533. The lowest BCUT2D eigenvalue weighted by Gasteiger charge is -2.41. The molecule has 48 heavy (non-hydrogen) atoms. The van der Waals surface area contributed by atoms with Gasteiger partial charge in [-0.15, -0.1) is 11.3 Å². The summed E-state index contributed by atoms with van der Waals surface area (Å²) < 4.78 is 86.8. The van der Waals surface area contributed by atoms with Gasteiger partial charge in [0.25, 0.3) is 0 Å². The van der Waals surface area contributed by atoms with Crippen molar-refractivity contribution in [2.75, 3.05) is 43.5 Å². The number of fused-ring (bicyclic) bond motifs is 4. The Morgan fingerprint density at radius 2 is 2.04 bits per heavy atom. The zero-order valence-electron chi connectivity index (χ0n) is 25.5. The van der Waals surface area contributed by atoms with Gasteiger partial charge in [0, 0.05) is 48.8 Å². The molecule has 4 aliphatic rings. The van der Waals surface area contributed by atoms with Crippen molar-refractivity contribution in [3.63, 3.8) is 0 Å². The van der Waals surface area contributed by atoms with E-state index in [0.29, 0.717) is 19.4 Å². The number of piperidine rings is 1. The molecule has 0 spiro atoms. The molecule has 8 nitrogen and oxygen atoms in total. The zero-order valence-corrected chi connectivity index (χ0v) is 27.1. The number of nitrogens with zero attached hydrogens (tertiary/aromatic N) is 5. The minimum absolute atomic E-state index is 0.0103. The first-order valence-electron chi connectivity index (χ1n) is 15.9. The summed E-state index contributed by atoms with van der Waals surface area (Å²) in [5, 5.41) is 10.1. The van der Waals surface area contributed by atoms with Crippen molar-refractivity contribution in [1.82, 2.24) is 14.9 Å². The summed E-state index contributed by atoms with van der Waals surface area (Å²) in [4.78, 5) is 13.2. The molecule has 2 aromatic heterocycles. The quantitative estimate of drug-likeness (QED) is 0.214. The van der Waals surface area contributed by atoms with Crippen LogP contribution in [0.1, 0.15) is 44.1 Å². The lowest BCUT2D eigenvalue weighted by Crippen LogP contribution is -2.46. The van der Waals surface area contributed by atoms with Gasteiger partial charge in [-0.3, -0.25) is 4.90 Å². The molecule has 2 unspecified atom stereocenters. The third-order valence-electron chi connectivity index (χ3n) is 10.5. The number of nitrogen functional groups attached to an aromatic ring is 1. The molecular formula is C33H30ClF5N6O2S. The van der Waals surface area contributed by atoms with Gasteiger partial charge in [0.05, 0.1) is 32.8 Å². The van der Waals surface area contributed by atoms with Crippen LogP contribution in [0.5, 0.6) is 11.8 Å². The number of hydrogen-bond acceptors (Lipinski definition) is 9. The standard InChI is InChI=1S/C33H30ClF5N6O2S/c34-24-22(18-2-3-20(36)28-21(18)19(12-40)30(41)48-28)25(37)26-23-27(24)46-9-5-17-10-15(29(38)39)4-8-45(17)31(23)43-32(42-26)47-14-33-6-1-7-44(33)13-16(35)11-33/h2-3,15-17,29H,1,4-11,13-14,41H2/t15?,16-,17?,33+/m1/s1. The number of ether oxygens (including phenoxy) is 2. The van der Waals surface area contributed by atoms with Crippen molar-refractivity contribution in [2.45, 2.75) is 62.7 Å². The van der Waals surface area contributed by atoms with Gasteiger partial charge in [-0.2, -0.15) is 15.2 Å².